The number of anilines is 1. The Morgan fingerprint density at radius 2 is 2.00 bits per heavy atom. The molecule has 1 fully saturated rings. The number of aromatic nitrogens is 4. The van der Waals surface area contributed by atoms with Crippen molar-refractivity contribution < 1.29 is 9.59 Å². The van der Waals surface area contributed by atoms with E-state index < -0.39 is 0 Å². The number of aryl methyl sites for hydroxylation is 3. The van der Waals surface area contributed by atoms with E-state index in [0.29, 0.717) is 18.9 Å². The van der Waals surface area contributed by atoms with Crippen molar-refractivity contribution in [1.29, 1.82) is 0 Å². The fourth-order valence-electron chi connectivity index (χ4n) is 2.54. The van der Waals surface area contributed by atoms with E-state index in [9.17, 15) is 9.59 Å². The van der Waals surface area contributed by atoms with Crippen LogP contribution in [0.1, 0.15) is 34.7 Å². The molecular formula is C16H22N6O2. The number of hydrogen-bond donors (Lipinski definition) is 2. The lowest BCUT2D eigenvalue weighted by Gasteiger charge is -2.05. The number of hydrogen-bond acceptors (Lipinski definition) is 4. The molecule has 2 aromatic rings. The maximum absolute atomic E-state index is 12.2. The van der Waals surface area contributed by atoms with Crippen LogP contribution in [0.25, 0.3) is 0 Å². The van der Waals surface area contributed by atoms with Gasteiger partial charge in [0.2, 0.25) is 5.91 Å². The van der Waals surface area contributed by atoms with E-state index in [2.05, 4.69) is 20.8 Å². The lowest BCUT2D eigenvalue weighted by molar-refractivity contribution is -0.117. The average Bonchev–Trinajstić information content (AvgIpc) is 3.24. The highest BCUT2D eigenvalue weighted by molar-refractivity contribution is 5.96. The first-order valence-electron chi connectivity index (χ1n) is 8.08. The molecule has 2 N–H and O–H groups in total. The topological polar surface area (TPSA) is 93.8 Å². The summed E-state index contributed by atoms with van der Waals surface area (Å²) in [6, 6.07) is 3.59. The van der Waals surface area contributed by atoms with Crippen molar-refractivity contribution in [3.63, 3.8) is 0 Å². The molecule has 0 spiro atoms. The predicted octanol–water partition coefficient (Wildman–Crippen LogP) is 1.01. The Labute approximate surface area is 140 Å². The molecule has 1 aliphatic rings. The van der Waals surface area contributed by atoms with Crippen molar-refractivity contribution in [2.24, 2.45) is 13.0 Å². The first kappa shape index (κ1) is 16.2. The molecule has 0 unspecified atom stereocenters. The Balaban J connectivity index is 1.54. The zero-order valence-corrected chi connectivity index (χ0v) is 14.2. The fourth-order valence-corrected chi connectivity index (χ4v) is 2.54. The summed E-state index contributed by atoms with van der Waals surface area (Å²) in [6.07, 6.45) is 1.87. The molecule has 0 aromatic carbocycles. The van der Waals surface area contributed by atoms with Crippen LogP contribution in [0.15, 0.2) is 12.1 Å². The molecule has 1 saturated carbocycles. The predicted molar refractivity (Wildman–Crippen MR) is 88.6 cm³/mol. The lowest BCUT2D eigenvalue weighted by Crippen LogP contribution is -2.28. The highest BCUT2D eigenvalue weighted by atomic mass is 16.2. The Bertz CT molecular complexity index is 772. The van der Waals surface area contributed by atoms with E-state index in [1.807, 2.05) is 24.6 Å². The van der Waals surface area contributed by atoms with E-state index in [1.165, 1.54) is 4.68 Å². The molecule has 8 nitrogen and oxygen atoms in total. The molecule has 3 rings (SSSR count). The molecule has 24 heavy (non-hydrogen) atoms. The van der Waals surface area contributed by atoms with Crippen LogP contribution in [0, 0.1) is 19.8 Å². The number of carbonyl (C=O) groups is 2. The van der Waals surface area contributed by atoms with E-state index in [0.717, 1.165) is 24.2 Å². The first-order chi connectivity index (χ1) is 11.4. The van der Waals surface area contributed by atoms with Crippen molar-refractivity contribution in [2.75, 3.05) is 11.9 Å². The first-order valence-corrected chi connectivity index (χ1v) is 8.08. The number of amides is 2. The van der Waals surface area contributed by atoms with Crippen molar-refractivity contribution in [3.8, 4) is 0 Å². The summed E-state index contributed by atoms with van der Waals surface area (Å²) in [4.78, 5) is 24.0. The third-order valence-electron chi connectivity index (χ3n) is 4.02. The molecule has 2 amide bonds. The summed E-state index contributed by atoms with van der Waals surface area (Å²) in [6.45, 7) is 4.98. The molecule has 0 radical (unpaired) electrons. The Morgan fingerprint density at radius 1 is 1.25 bits per heavy atom. The SMILES string of the molecule is Cc1cc(C)n(CCNC(=O)c2cc(NC(=O)C3CC3)n(C)n2)n1. The van der Waals surface area contributed by atoms with Crippen LogP contribution >= 0.6 is 0 Å². The van der Waals surface area contributed by atoms with E-state index in [-0.39, 0.29) is 23.4 Å². The summed E-state index contributed by atoms with van der Waals surface area (Å²) < 4.78 is 3.37. The fraction of sp³-hybridized carbons (Fsp3) is 0.500. The van der Waals surface area contributed by atoms with Gasteiger partial charge >= 0.3 is 0 Å². The minimum Gasteiger partial charge on any atom is -0.349 e. The zero-order valence-electron chi connectivity index (χ0n) is 14.2. The van der Waals surface area contributed by atoms with Crippen LogP contribution in [0.3, 0.4) is 0 Å². The Hall–Kier alpha value is -2.64. The maximum Gasteiger partial charge on any atom is 0.271 e. The van der Waals surface area contributed by atoms with Crippen LogP contribution in [-0.4, -0.2) is 37.9 Å². The molecule has 128 valence electrons. The number of rotatable bonds is 6. The van der Waals surface area contributed by atoms with Gasteiger partial charge in [0, 0.05) is 31.3 Å². The van der Waals surface area contributed by atoms with Gasteiger partial charge in [0.1, 0.15) is 5.82 Å². The summed E-state index contributed by atoms with van der Waals surface area (Å²) in [5.41, 5.74) is 2.31. The molecule has 0 saturated heterocycles. The van der Waals surface area contributed by atoms with Gasteiger partial charge in [0.15, 0.2) is 5.69 Å². The van der Waals surface area contributed by atoms with E-state index in [1.54, 1.807) is 13.1 Å². The molecule has 2 heterocycles. The molecular weight excluding hydrogens is 308 g/mol. The van der Waals surface area contributed by atoms with Crippen molar-refractivity contribution >= 4 is 17.6 Å². The summed E-state index contributed by atoms with van der Waals surface area (Å²) in [7, 11) is 1.70. The van der Waals surface area contributed by atoms with E-state index >= 15 is 0 Å². The van der Waals surface area contributed by atoms with Gasteiger partial charge in [-0.25, -0.2) is 0 Å². The molecule has 0 atom stereocenters. The van der Waals surface area contributed by atoms with E-state index in [4.69, 9.17) is 0 Å². The second-order valence-corrected chi connectivity index (χ2v) is 6.21. The minimum absolute atomic E-state index is 0.00511. The molecule has 0 bridgehead atoms. The van der Waals surface area contributed by atoms with Gasteiger partial charge in [-0.3, -0.25) is 19.0 Å². The minimum atomic E-state index is -0.265. The molecule has 0 aliphatic heterocycles. The number of nitrogens with one attached hydrogen (secondary N) is 2. The third kappa shape index (κ3) is 3.64. The van der Waals surface area contributed by atoms with Crippen LogP contribution < -0.4 is 10.6 Å². The van der Waals surface area contributed by atoms with Crippen LogP contribution in [0.4, 0.5) is 5.82 Å². The Kier molecular flexibility index (Phi) is 4.37. The van der Waals surface area contributed by atoms with Gasteiger partial charge in [0.25, 0.3) is 5.91 Å². The maximum atomic E-state index is 12.2. The highest BCUT2D eigenvalue weighted by Crippen LogP contribution is 2.30. The zero-order chi connectivity index (χ0) is 17.3. The average molecular weight is 330 g/mol. The summed E-state index contributed by atoms with van der Waals surface area (Å²) in [5.74, 6) is 0.377. The lowest BCUT2D eigenvalue weighted by atomic mass is 10.3. The second-order valence-electron chi connectivity index (χ2n) is 6.21. The molecule has 2 aromatic heterocycles. The van der Waals surface area contributed by atoms with Crippen molar-refractivity contribution in [1.82, 2.24) is 24.9 Å². The van der Waals surface area contributed by atoms with Gasteiger partial charge in [-0.2, -0.15) is 10.2 Å². The van der Waals surface area contributed by atoms with Crippen molar-refractivity contribution in [3.05, 3.63) is 29.2 Å². The number of carbonyl (C=O) groups excluding carboxylic acids is 2. The third-order valence-corrected chi connectivity index (χ3v) is 4.02. The monoisotopic (exact) mass is 330 g/mol. The smallest absolute Gasteiger partial charge is 0.271 e. The second kappa shape index (κ2) is 6.46. The van der Waals surface area contributed by atoms with Gasteiger partial charge in [-0.1, -0.05) is 0 Å². The normalized spacial score (nSPS) is 13.8. The van der Waals surface area contributed by atoms with Crippen molar-refractivity contribution in [2.45, 2.75) is 33.2 Å². The van der Waals surface area contributed by atoms with Crippen LogP contribution in [-0.2, 0) is 18.4 Å². The highest BCUT2D eigenvalue weighted by Gasteiger charge is 2.30. The molecule has 1 aliphatic carbocycles. The molecule has 8 heteroatoms. The van der Waals surface area contributed by atoms with Crippen LogP contribution in [0.2, 0.25) is 0 Å². The van der Waals surface area contributed by atoms with Gasteiger partial charge in [-0.05, 0) is 32.8 Å². The number of nitrogens with zero attached hydrogens (tertiary/aromatic N) is 4. The van der Waals surface area contributed by atoms with Gasteiger partial charge < -0.3 is 10.6 Å². The van der Waals surface area contributed by atoms with Gasteiger partial charge in [-0.15, -0.1) is 0 Å². The van der Waals surface area contributed by atoms with Gasteiger partial charge in [0.05, 0.1) is 12.2 Å². The summed E-state index contributed by atoms with van der Waals surface area (Å²) in [5, 5.41) is 14.1. The van der Waals surface area contributed by atoms with Crippen LogP contribution in [0.5, 0.6) is 0 Å². The standard InChI is InChI=1S/C16H22N6O2/c1-10-8-11(2)22(19-10)7-6-17-16(24)13-9-14(21(3)20-13)18-15(23)12-4-5-12/h8-9,12H,4-7H2,1-3H3,(H,17,24)(H,18,23). The largest absolute Gasteiger partial charge is 0.349 e. The quantitative estimate of drug-likeness (QED) is 0.826. The Morgan fingerprint density at radius 3 is 2.62 bits per heavy atom. The summed E-state index contributed by atoms with van der Waals surface area (Å²) >= 11 is 0.